The van der Waals surface area contributed by atoms with E-state index in [4.69, 9.17) is 0 Å². The number of para-hydroxylation sites is 2. The second kappa shape index (κ2) is 6.32. The number of aryl methyl sites for hydroxylation is 2. The monoisotopic (exact) mass is 316 g/mol. The first kappa shape index (κ1) is 14.7. The number of hydrogen-bond donors (Lipinski definition) is 1. The predicted octanol–water partition coefficient (Wildman–Crippen LogP) is 4.61. The van der Waals surface area contributed by atoms with E-state index in [0.29, 0.717) is 0 Å². The summed E-state index contributed by atoms with van der Waals surface area (Å²) in [5, 5.41) is 3.37. The highest BCUT2D eigenvalue weighted by molar-refractivity contribution is 5.68. The number of nitrogens with one attached hydrogen (secondary N) is 1. The van der Waals surface area contributed by atoms with Crippen molar-refractivity contribution >= 4 is 23.0 Å². The van der Waals surface area contributed by atoms with Crippen LogP contribution in [0.2, 0.25) is 0 Å². The molecule has 0 unspecified atom stereocenters. The Kier molecular flexibility index (Phi) is 3.87. The van der Waals surface area contributed by atoms with Crippen LogP contribution in [0.15, 0.2) is 60.7 Å². The third kappa shape index (κ3) is 2.95. The molecule has 0 amide bonds. The Labute approximate surface area is 142 Å². The van der Waals surface area contributed by atoms with Gasteiger partial charge in [-0.25, -0.2) is 9.97 Å². The molecule has 1 aromatic heterocycles. The number of fused-ring (bicyclic) bond motifs is 1. The molecule has 4 heteroatoms. The first-order valence-electron chi connectivity index (χ1n) is 8.33. The molecule has 0 spiro atoms. The molecule has 4 nitrogen and oxygen atoms in total. The van der Waals surface area contributed by atoms with Crippen molar-refractivity contribution in [2.75, 3.05) is 16.8 Å². The van der Waals surface area contributed by atoms with Gasteiger partial charge >= 0.3 is 0 Å². The molecule has 0 fully saturated rings. The lowest BCUT2D eigenvalue weighted by molar-refractivity contribution is 0.757. The highest BCUT2D eigenvalue weighted by atomic mass is 15.2. The average Bonchev–Trinajstić information content (AvgIpc) is 2.61. The SMILES string of the molecule is Cc1nc(Nc2ccccc2)cc(N2CCCc3ccccc32)n1. The van der Waals surface area contributed by atoms with Gasteiger partial charge in [0.1, 0.15) is 17.5 Å². The summed E-state index contributed by atoms with van der Waals surface area (Å²) >= 11 is 0. The van der Waals surface area contributed by atoms with Crippen LogP contribution >= 0.6 is 0 Å². The molecule has 0 radical (unpaired) electrons. The van der Waals surface area contributed by atoms with Crippen molar-refractivity contribution < 1.29 is 0 Å². The van der Waals surface area contributed by atoms with Crippen molar-refractivity contribution in [1.82, 2.24) is 9.97 Å². The van der Waals surface area contributed by atoms with Crippen LogP contribution in [0.25, 0.3) is 0 Å². The number of rotatable bonds is 3. The summed E-state index contributed by atoms with van der Waals surface area (Å²) in [6.07, 6.45) is 2.27. The summed E-state index contributed by atoms with van der Waals surface area (Å²) in [4.78, 5) is 11.5. The van der Waals surface area contributed by atoms with Crippen LogP contribution in [-0.2, 0) is 6.42 Å². The predicted molar refractivity (Wildman–Crippen MR) is 98.3 cm³/mol. The van der Waals surface area contributed by atoms with E-state index in [1.165, 1.54) is 11.3 Å². The minimum atomic E-state index is 0.772. The van der Waals surface area contributed by atoms with E-state index in [1.54, 1.807) is 0 Å². The second-order valence-corrected chi connectivity index (χ2v) is 6.03. The number of nitrogens with zero attached hydrogens (tertiary/aromatic N) is 3. The van der Waals surface area contributed by atoms with Gasteiger partial charge in [-0.1, -0.05) is 36.4 Å². The van der Waals surface area contributed by atoms with Gasteiger partial charge < -0.3 is 10.2 Å². The van der Waals surface area contributed by atoms with Crippen molar-refractivity contribution in [3.8, 4) is 0 Å². The third-order valence-corrected chi connectivity index (χ3v) is 4.26. The average molecular weight is 316 g/mol. The fourth-order valence-electron chi connectivity index (χ4n) is 3.20. The number of benzene rings is 2. The maximum absolute atomic E-state index is 4.67. The zero-order valence-corrected chi connectivity index (χ0v) is 13.7. The van der Waals surface area contributed by atoms with Crippen LogP contribution < -0.4 is 10.2 Å². The molecule has 1 aliphatic rings. The molecule has 1 aliphatic heterocycles. The third-order valence-electron chi connectivity index (χ3n) is 4.26. The van der Waals surface area contributed by atoms with Crippen molar-refractivity contribution in [1.29, 1.82) is 0 Å². The lowest BCUT2D eigenvalue weighted by atomic mass is 10.0. The molecule has 0 saturated heterocycles. The quantitative estimate of drug-likeness (QED) is 0.766. The summed E-state index contributed by atoms with van der Waals surface area (Å²) < 4.78 is 0. The van der Waals surface area contributed by atoms with E-state index in [0.717, 1.165) is 42.5 Å². The molecule has 3 aromatic rings. The summed E-state index contributed by atoms with van der Waals surface area (Å²) in [7, 11) is 0. The lowest BCUT2D eigenvalue weighted by Gasteiger charge is -2.30. The summed E-state index contributed by atoms with van der Waals surface area (Å²) in [6.45, 7) is 2.92. The molecule has 0 aliphatic carbocycles. The topological polar surface area (TPSA) is 41.1 Å². The molecule has 120 valence electrons. The fraction of sp³-hybridized carbons (Fsp3) is 0.200. The summed E-state index contributed by atoms with van der Waals surface area (Å²) in [6, 6.07) is 20.7. The van der Waals surface area contributed by atoms with Crippen molar-refractivity contribution in [3.63, 3.8) is 0 Å². The molecule has 0 bridgehead atoms. The zero-order chi connectivity index (χ0) is 16.4. The van der Waals surface area contributed by atoms with Gasteiger partial charge in [-0.05, 0) is 43.5 Å². The van der Waals surface area contributed by atoms with Crippen LogP contribution in [0.5, 0.6) is 0 Å². The maximum atomic E-state index is 4.67. The largest absolute Gasteiger partial charge is 0.340 e. The Morgan fingerprint density at radius 1 is 0.958 bits per heavy atom. The van der Waals surface area contributed by atoms with E-state index in [2.05, 4.69) is 44.5 Å². The molecule has 1 N–H and O–H groups in total. The fourth-order valence-corrected chi connectivity index (χ4v) is 3.20. The van der Waals surface area contributed by atoms with E-state index in [1.807, 2.05) is 43.3 Å². The van der Waals surface area contributed by atoms with Crippen molar-refractivity contribution in [3.05, 3.63) is 72.1 Å². The maximum Gasteiger partial charge on any atom is 0.138 e. The highest BCUT2D eigenvalue weighted by Gasteiger charge is 2.19. The number of aromatic nitrogens is 2. The minimum absolute atomic E-state index is 0.772. The van der Waals surface area contributed by atoms with E-state index in [-0.39, 0.29) is 0 Å². The van der Waals surface area contributed by atoms with Gasteiger partial charge in [-0.2, -0.15) is 0 Å². The molecule has 2 aromatic carbocycles. The molecule has 4 rings (SSSR count). The Bertz CT molecular complexity index is 845. The van der Waals surface area contributed by atoms with Crippen molar-refractivity contribution in [2.24, 2.45) is 0 Å². The van der Waals surface area contributed by atoms with Gasteiger partial charge in [-0.15, -0.1) is 0 Å². The van der Waals surface area contributed by atoms with Crippen LogP contribution in [-0.4, -0.2) is 16.5 Å². The summed E-state index contributed by atoms with van der Waals surface area (Å²) in [5.41, 5.74) is 3.67. The molecule has 0 saturated carbocycles. The Morgan fingerprint density at radius 3 is 2.62 bits per heavy atom. The number of hydrogen-bond acceptors (Lipinski definition) is 4. The molecular formula is C20H20N4. The summed E-state index contributed by atoms with van der Waals surface area (Å²) in [5.74, 6) is 2.55. The molecule has 2 heterocycles. The van der Waals surface area contributed by atoms with Gasteiger partial charge in [0.2, 0.25) is 0 Å². The molecule has 0 atom stereocenters. The van der Waals surface area contributed by atoms with Crippen molar-refractivity contribution in [2.45, 2.75) is 19.8 Å². The highest BCUT2D eigenvalue weighted by Crippen LogP contribution is 2.33. The standard InChI is InChI=1S/C20H20N4/c1-15-21-19(23-17-10-3-2-4-11-17)14-20(22-15)24-13-7-9-16-8-5-6-12-18(16)24/h2-6,8,10-12,14H,7,9,13H2,1H3,(H,21,22,23). The van der Waals surface area contributed by atoms with Gasteiger partial charge in [0.05, 0.1) is 0 Å². The number of anilines is 4. The van der Waals surface area contributed by atoms with Gasteiger partial charge in [0.25, 0.3) is 0 Å². The minimum Gasteiger partial charge on any atom is -0.340 e. The van der Waals surface area contributed by atoms with Gasteiger partial charge in [0, 0.05) is 24.0 Å². The van der Waals surface area contributed by atoms with Crippen LogP contribution in [0.4, 0.5) is 23.0 Å². The first-order valence-corrected chi connectivity index (χ1v) is 8.33. The van der Waals surface area contributed by atoms with Crippen LogP contribution in [0.1, 0.15) is 17.8 Å². The molecular weight excluding hydrogens is 296 g/mol. The lowest BCUT2D eigenvalue weighted by Crippen LogP contribution is -2.25. The van der Waals surface area contributed by atoms with Crippen LogP contribution in [0.3, 0.4) is 0 Å². The Morgan fingerprint density at radius 2 is 1.75 bits per heavy atom. The second-order valence-electron chi connectivity index (χ2n) is 6.03. The normalized spacial score (nSPS) is 13.5. The van der Waals surface area contributed by atoms with Crippen LogP contribution in [0, 0.1) is 6.92 Å². The zero-order valence-electron chi connectivity index (χ0n) is 13.7. The Hall–Kier alpha value is -2.88. The van der Waals surface area contributed by atoms with E-state index < -0.39 is 0 Å². The van der Waals surface area contributed by atoms with E-state index in [9.17, 15) is 0 Å². The first-order chi connectivity index (χ1) is 11.8. The van der Waals surface area contributed by atoms with Gasteiger partial charge in [0.15, 0.2) is 0 Å². The van der Waals surface area contributed by atoms with Gasteiger partial charge in [-0.3, -0.25) is 0 Å². The smallest absolute Gasteiger partial charge is 0.138 e. The Balaban J connectivity index is 1.69. The molecule has 24 heavy (non-hydrogen) atoms. The van der Waals surface area contributed by atoms with E-state index >= 15 is 0 Å².